The monoisotopic (exact) mass is 532 g/mol. The van der Waals surface area contributed by atoms with Gasteiger partial charge in [-0.15, -0.1) is 0 Å². The summed E-state index contributed by atoms with van der Waals surface area (Å²) in [6.45, 7) is 2.09. The number of hydrogen-bond donors (Lipinski definition) is 3. The summed E-state index contributed by atoms with van der Waals surface area (Å²) in [7, 11) is 0. The van der Waals surface area contributed by atoms with Gasteiger partial charge in [-0.1, -0.05) is 72.8 Å². The van der Waals surface area contributed by atoms with Gasteiger partial charge < -0.3 is 15.0 Å². The quantitative estimate of drug-likeness (QED) is 0.268. The third-order valence-electron chi connectivity index (χ3n) is 8.64. The van der Waals surface area contributed by atoms with Crippen molar-refractivity contribution in [2.24, 2.45) is 4.99 Å². The van der Waals surface area contributed by atoms with Crippen LogP contribution in [0.25, 0.3) is 45.8 Å². The Morgan fingerprint density at radius 1 is 0.829 bits per heavy atom. The van der Waals surface area contributed by atoms with E-state index >= 15 is 0 Å². The molecule has 1 aliphatic carbocycles. The van der Waals surface area contributed by atoms with E-state index in [1.54, 1.807) is 0 Å². The topological polar surface area (TPSA) is 59.7 Å². The molecule has 5 aromatic rings. The van der Waals surface area contributed by atoms with Crippen molar-refractivity contribution in [2.75, 3.05) is 0 Å². The Kier molecular flexibility index (Phi) is 5.66. The molecular formula is C37H32N4. The number of aryl methyl sites for hydroxylation is 1. The van der Waals surface area contributed by atoms with Gasteiger partial charge in [-0.2, -0.15) is 0 Å². The first-order valence-corrected chi connectivity index (χ1v) is 14.7. The third kappa shape index (κ3) is 4.10. The van der Waals surface area contributed by atoms with Crippen molar-refractivity contribution >= 4 is 51.6 Å². The van der Waals surface area contributed by atoms with Crippen molar-refractivity contribution in [1.29, 1.82) is 0 Å². The molecule has 0 spiro atoms. The summed E-state index contributed by atoms with van der Waals surface area (Å²) in [4.78, 5) is 16.6. The molecule has 0 radical (unpaired) electrons. The number of aliphatic imine (C=N–C) groups is 1. The number of H-pyrrole nitrogens is 3. The Morgan fingerprint density at radius 3 is 2.34 bits per heavy atom. The van der Waals surface area contributed by atoms with E-state index in [2.05, 4.69) is 125 Å². The lowest BCUT2D eigenvalue weighted by atomic mass is 9.92. The highest BCUT2D eigenvalue weighted by molar-refractivity contribution is 6.24. The van der Waals surface area contributed by atoms with E-state index in [1.807, 2.05) is 0 Å². The maximum Gasteiger partial charge on any atom is 0.0930 e. The third-order valence-corrected chi connectivity index (χ3v) is 8.64. The Morgan fingerprint density at radius 2 is 1.56 bits per heavy atom. The summed E-state index contributed by atoms with van der Waals surface area (Å²) in [5.41, 5.74) is 7.30. The van der Waals surface area contributed by atoms with Crippen LogP contribution < -0.4 is 21.4 Å². The van der Waals surface area contributed by atoms with Crippen LogP contribution in [0, 0.1) is 0 Å². The summed E-state index contributed by atoms with van der Waals surface area (Å²) < 4.78 is 0. The minimum atomic E-state index is 0.0336. The van der Waals surface area contributed by atoms with Gasteiger partial charge in [0.05, 0.1) is 11.8 Å². The predicted molar refractivity (Wildman–Crippen MR) is 172 cm³/mol. The predicted octanol–water partition coefficient (Wildman–Crippen LogP) is 5.19. The fraction of sp³-hybridized carbons (Fsp3) is 0.162. The van der Waals surface area contributed by atoms with Gasteiger partial charge >= 0.3 is 0 Å². The lowest BCUT2D eigenvalue weighted by molar-refractivity contribution is 0.868. The van der Waals surface area contributed by atoms with Crippen molar-refractivity contribution in [3.05, 3.63) is 128 Å². The van der Waals surface area contributed by atoms with Gasteiger partial charge in [-0.05, 0) is 74.1 Å². The van der Waals surface area contributed by atoms with Crippen LogP contribution in [-0.4, -0.2) is 26.7 Å². The molecule has 2 aromatic carbocycles. The Hall–Kier alpha value is -4.83. The molecule has 0 saturated carbocycles. The molecule has 1 atom stereocenters. The molecular weight excluding hydrogens is 500 g/mol. The lowest BCUT2D eigenvalue weighted by Gasteiger charge is -2.12. The fourth-order valence-electron chi connectivity index (χ4n) is 6.68. The maximum absolute atomic E-state index is 5.33. The van der Waals surface area contributed by atoms with Gasteiger partial charge in [0.1, 0.15) is 0 Å². The number of allylic oxidation sites excluding steroid dienone is 5. The summed E-state index contributed by atoms with van der Waals surface area (Å²) in [5, 5.41) is 9.33. The van der Waals surface area contributed by atoms with Crippen LogP contribution in [0.4, 0.5) is 0 Å². The van der Waals surface area contributed by atoms with Crippen LogP contribution >= 0.6 is 0 Å². The molecule has 0 amide bonds. The molecule has 4 nitrogen and oxygen atoms in total. The van der Waals surface area contributed by atoms with Gasteiger partial charge in [0, 0.05) is 59.9 Å². The van der Waals surface area contributed by atoms with E-state index in [-0.39, 0.29) is 6.04 Å². The Labute approximate surface area is 238 Å². The highest BCUT2D eigenvalue weighted by Gasteiger charge is 2.26. The first kappa shape index (κ1) is 24.0. The largest absolute Gasteiger partial charge is 0.355 e. The Balaban J connectivity index is 1.46. The average molecular weight is 533 g/mol. The first-order valence-electron chi connectivity index (χ1n) is 14.7. The van der Waals surface area contributed by atoms with Gasteiger partial charge in [-0.25, -0.2) is 0 Å². The Bertz CT molecular complexity index is 2220. The standard InChI is InChI=1S/C37H32N4/c1-2-3-4-11-23-18-24-19-32-25-12-5-6-13-26(25)34(39-32)21-36-29-16-9-10-17-30(29)37(41-36)22-35-28-15-8-7-14-27(28)33(40-35)20-31(23)38-24/h2-3,5-6,8-10,12-13,15-22,33,38-39,41H,4,7,11,14H2,1H3/b3-2-,24-19+,31-20-,36-21?,37-22?. The van der Waals surface area contributed by atoms with Crippen LogP contribution in [-0.2, 0) is 6.42 Å². The van der Waals surface area contributed by atoms with Crippen LogP contribution in [0.1, 0.15) is 43.1 Å². The summed E-state index contributed by atoms with van der Waals surface area (Å²) in [6.07, 6.45) is 22.2. The van der Waals surface area contributed by atoms with Crippen LogP contribution in [0.5, 0.6) is 0 Å². The molecule has 3 N–H and O–H groups in total. The van der Waals surface area contributed by atoms with E-state index in [9.17, 15) is 0 Å². The maximum atomic E-state index is 5.33. The number of fused-ring (bicyclic) bond motifs is 15. The van der Waals surface area contributed by atoms with E-state index in [0.717, 1.165) is 58.8 Å². The first-order chi connectivity index (χ1) is 20.2. The zero-order valence-corrected chi connectivity index (χ0v) is 23.2. The number of benzene rings is 2. The molecule has 200 valence electrons. The van der Waals surface area contributed by atoms with Crippen LogP contribution in [0.2, 0.25) is 0 Å². The van der Waals surface area contributed by atoms with Gasteiger partial charge in [0.15, 0.2) is 0 Å². The SMILES string of the molecule is C/C=C\CCc1c/c2[nH]/c1=C\C1N=C(C=c3[nH]c(c4ccccc34)=Cc3[nH]c(c4ccccc34)/C=2)C2=C1CCC=C2. The smallest absolute Gasteiger partial charge is 0.0930 e. The minimum Gasteiger partial charge on any atom is -0.355 e. The summed E-state index contributed by atoms with van der Waals surface area (Å²) in [6, 6.07) is 19.6. The van der Waals surface area contributed by atoms with Crippen LogP contribution in [0.15, 0.2) is 95.0 Å². The molecule has 8 rings (SSSR count). The number of rotatable bonds is 3. The number of aromatic nitrogens is 3. The van der Waals surface area contributed by atoms with Crippen molar-refractivity contribution in [2.45, 2.75) is 38.6 Å². The van der Waals surface area contributed by atoms with Gasteiger partial charge in [-0.3, -0.25) is 4.99 Å². The second-order valence-electron chi connectivity index (χ2n) is 11.2. The second kappa shape index (κ2) is 9.67. The molecule has 4 heteroatoms. The molecule has 3 aromatic heterocycles. The highest BCUT2D eigenvalue weighted by atomic mass is 14.8. The fourth-order valence-corrected chi connectivity index (χ4v) is 6.68. The van der Waals surface area contributed by atoms with Crippen molar-refractivity contribution < 1.29 is 0 Å². The molecule has 0 saturated heterocycles. The number of aromatic amines is 3. The molecule has 0 fully saturated rings. The average Bonchev–Trinajstić information content (AvgIpc) is 3.74. The number of nitrogens with one attached hydrogen (secondary N) is 3. The summed E-state index contributed by atoms with van der Waals surface area (Å²) in [5.74, 6) is 0. The summed E-state index contributed by atoms with van der Waals surface area (Å²) >= 11 is 0. The van der Waals surface area contributed by atoms with E-state index in [4.69, 9.17) is 4.99 Å². The van der Waals surface area contributed by atoms with Crippen molar-refractivity contribution in [3.63, 3.8) is 0 Å². The zero-order valence-electron chi connectivity index (χ0n) is 23.2. The highest BCUT2D eigenvalue weighted by Crippen LogP contribution is 2.32. The number of hydrogen-bond acceptors (Lipinski definition) is 1. The second-order valence-corrected chi connectivity index (χ2v) is 11.2. The van der Waals surface area contributed by atoms with Crippen molar-refractivity contribution in [3.8, 4) is 0 Å². The van der Waals surface area contributed by atoms with E-state index in [0.29, 0.717) is 0 Å². The molecule has 41 heavy (non-hydrogen) atoms. The molecule has 5 heterocycles. The lowest BCUT2D eigenvalue weighted by Crippen LogP contribution is -2.17. The molecule has 1 unspecified atom stereocenters. The molecule has 3 aliphatic rings. The van der Waals surface area contributed by atoms with Gasteiger partial charge in [0.25, 0.3) is 0 Å². The minimum absolute atomic E-state index is 0.0336. The van der Waals surface area contributed by atoms with E-state index < -0.39 is 0 Å². The zero-order chi connectivity index (χ0) is 27.3. The molecule has 8 bridgehead atoms. The van der Waals surface area contributed by atoms with Gasteiger partial charge in [0.2, 0.25) is 0 Å². The van der Waals surface area contributed by atoms with E-state index in [1.165, 1.54) is 43.6 Å². The van der Waals surface area contributed by atoms with Crippen molar-refractivity contribution in [1.82, 2.24) is 15.0 Å². The number of nitrogens with zero attached hydrogens (tertiary/aromatic N) is 1. The van der Waals surface area contributed by atoms with Crippen LogP contribution in [0.3, 0.4) is 0 Å². The normalized spacial score (nSPS) is 19.4. The molecule has 2 aliphatic heterocycles.